The van der Waals surface area contributed by atoms with Crippen molar-refractivity contribution in [2.24, 2.45) is 12.0 Å². The van der Waals surface area contributed by atoms with Gasteiger partial charge in [0.05, 0.1) is 11.9 Å². The first-order valence-electron chi connectivity index (χ1n) is 9.32. The highest BCUT2D eigenvalue weighted by atomic mass is 127. The van der Waals surface area contributed by atoms with Crippen molar-refractivity contribution in [2.45, 2.75) is 26.3 Å². The lowest BCUT2D eigenvalue weighted by Gasteiger charge is -2.35. The summed E-state index contributed by atoms with van der Waals surface area (Å²) >= 11 is 0. The standard InChI is InChI=1S/C17H27N9O.HI/c1-3-18-17(19-6-4-5-7-24-13-20-21-14-24)25-8-9-26(16(27)12-25)15-10-22-23(2)11-15;/h10-11,13-14H,3-9,12H2,1-2H3,(H,18,19);1H. The lowest BCUT2D eigenvalue weighted by Crippen LogP contribution is -2.55. The van der Waals surface area contributed by atoms with Crippen LogP contribution in [0.3, 0.4) is 0 Å². The van der Waals surface area contributed by atoms with Gasteiger partial charge in [-0.25, -0.2) is 0 Å². The van der Waals surface area contributed by atoms with E-state index < -0.39 is 0 Å². The molecule has 3 heterocycles. The highest BCUT2D eigenvalue weighted by Crippen LogP contribution is 2.16. The number of nitrogens with one attached hydrogen (secondary N) is 1. The molecule has 1 aliphatic rings. The van der Waals surface area contributed by atoms with Crippen LogP contribution in [0.2, 0.25) is 0 Å². The van der Waals surface area contributed by atoms with Crippen molar-refractivity contribution in [1.82, 2.24) is 34.8 Å². The zero-order chi connectivity index (χ0) is 19.1. The molecule has 1 aliphatic heterocycles. The molecule has 3 rings (SSSR count). The summed E-state index contributed by atoms with van der Waals surface area (Å²) in [7, 11) is 1.85. The average Bonchev–Trinajstić information content (AvgIpc) is 3.32. The maximum absolute atomic E-state index is 12.6. The number of rotatable bonds is 7. The molecule has 0 unspecified atom stereocenters. The molecule has 2 aromatic heterocycles. The molecule has 0 aromatic carbocycles. The van der Waals surface area contributed by atoms with Crippen LogP contribution in [-0.2, 0) is 18.4 Å². The second-order valence-corrected chi connectivity index (χ2v) is 6.48. The average molecular weight is 501 g/mol. The Labute approximate surface area is 182 Å². The molecular weight excluding hydrogens is 473 g/mol. The van der Waals surface area contributed by atoms with Gasteiger partial charge in [0.25, 0.3) is 0 Å². The zero-order valence-electron chi connectivity index (χ0n) is 16.4. The molecule has 1 saturated heterocycles. The summed E-state index contributed by atoms with van der Waals surface area (Å²) in [5.41, 5.74) is 0.845. The first-order valence-corrected chi connectivity index (χ1v) is 9.32. The fraction of sp³-hybridized carbons (Fsp3) is 0.588. The van der Waals surface area contributed by atoms with Gasteiger partial charge in [-0.3, -0.25) is 14.5 Å². The number of hydrogen-bond donors (Lipinski definition) is 1. The number of hydrogen-bond acceptors (Lipinski definition) is 5. The molecule has 0 radical (unpaired) electrons. The van der Waals surface area contributed by atoms with E-state index in [1.165, 1.54) is 0 Å². The van der Waals surface area contributed by atoms with Gasteiger partial charge in [0, 0.05) is 46.0 Å². The minimum atomic E-state index is 0. The van der Waals surface area contributed by atoms with Crippen molar-refractivity contribution in [2.75, 3.05) is 37.6 Å². The van der Waals surface area contributed by atoms with Gasteiger partial charge in [0.2, 0.25) is 5.91 Å². The normalized spacial score (nSPS) is 14.9. The van der Waals surface area contributed by atoms with E-state index >= 15 is 0 Å². The third-order valence-corrected chi connectivity index (χ3v) is 4.41. The molecule has 0 saturated carbocycles. The van der Waals surface area contributed by atoms with Crippen LogP contribution in [0.4, 0.5) is 5.69 Å². The Morgan fingerprint density at radius 2 is 2.04 bits per heavy atom. The minimum absolute atomic E-state index is 0. The summed E-state index contributed by atoms with van der Waals surface area (Å²) in [6.07, 6.45) is 9.01. The van der Waals surface area contributed by atoms with E-state index in [0.29, 0.717) is 13.1 Å². The van der Waals surface area contributed by atoms with Crippen molar-refractivity contribution < 1.29 is 4.79 Å². The van der Waals surface area contributed by atoms with Gasteiger partial charge < -0.3 is 19.7 Å². The molecule has 0 spiro atoms. The number of amides is 1. The molecule has 0 bridgehead atoms. The van der Waals surface area contributed by atoms with Crippen LogP contribution < -0.4 is 10.2 Å². The molecule has 28 heavy (non-hydrogen) atoms. The molecule has 10 nitrogen and oxygen atoms in total. The van der Waals surface area contributed by atoms with Gasteiger partial charge in [-0.2, -0.15) is 5.10 Å². The highest BCUT2D eigenvalue weighted by Gasteiger charge is 2.27. The van der Waals surface area contributed by atoms with E-state index in [1.807, 2.05) is 29.6 Å². The first kappa shape index (κ1) is 22.1. The van der Waals surface area contributed by atoms with Crippen LogP contribution in [0.15, 0.2) is 30.0 Å². The second kappa shape index (κ2) is 11.0. The van der Waals surface area contributed by atoms with Gasteiger partial charge in [-0.05, 0) is 19.8 Å². The predicted molar refractivity (Wildman–Crippen MR) is 118 cm³/mol. The SMILES string of the molecule is CCNC(=NCCCCn1cnnc1)N1CCN(c2cnn(C)c2)C(=O)C1.I. The Kier molecular flexibility index (Phi) is 8.67. The van der Waals surface area contributed by atoms with Gasteiger partial charge in [-0.15, -0.1) is 34.2 Å². The van der Waals surface area contributed by atoms with Crippen LogP contribution in [0.1, 0.15) is 19.8 Å². The summed E-state index contributed by atoms with van der Waals surface area (Å²) in [6, 6.07) is 0. The van der Waals surface area contributed by atoms with Crippen molar-refractivity contribution in [3.63, 3.8) is 0 Å². The molecule has 11 heteroatoms. The molecule has 1 N–H and O–H groups in total. The number of unbranched alkanes of at least 4 members (excludes halogenated alkanes) is 1. The summed E-state index contributed by atoms with van der Waals surface area (Å²) in [5, 5.41) is 15.0. The number of aryl methyl sites for hydroxylation is 2. The minimum Gasteiger partial charge on any atom is -0.357 e. The lowest BCUT2D eigenvalue weighted by atomic mass is 10.3. The van der Waals surface area contributed by atoms with Gasteiger partial charge >= 0.3 is 0 Å². The van der Waals surface area contributed by atoms with E-state index in [0.717, 1.165) is 50.7 Å². The van der Waals surface area contributed by atoms with E-state index in [2.05, 4.69) is 20.6 Å². The lowest BCUT2D eigenvalue weighted by molar-refractivity contribution is -0.120. The Morgan fingerprint density at radius 3 is 2.68 bits per heavy atom. The third-order valence-electron chi connectivity index (χ3n) is 4.41. The van der Waals surface area contributed by atoms with E-state index in [9.17, 15) is 4.79 Å². The first-order chi connectivity index (χ1) is 13.2. The summed E-state index contributed by atoms with van der Waals surface area (Å²) in [5.74, 6) is 0.869. The number of nitrogens with zero attached hydrogens (tertiary/aromatic N) is 8. The maximum Gasteiger partial charge on any atom is 0.246 e. The maximum atomic E-state index is 12.6. The number of carbonyl (C=O) groups is 1. The summed E-state index contributed by atoms with van der Waals surface area (Å²) in [4.78, 5) is 21.1. The molecule has 0 atom stereocenters. The topological polar surface area (TPSA) is 96.5 Å². The van der Waals surface area contributed by atoms with Crippen LogP contribution in [0.25, 0.3) is 0 Å². The number of carbonyl (C=O) groups excluding carboxylic acids is 1. The molecular formula is C17H28IN9O. The predicted octanol–water partition coefficient (Wildman–Crippen LogP) is 0.724. The number of anilines is 1. The van der Waals surface area contributed by atoms with Crippen molar-refractivity contribution >= 4 is 41.5 Å². The fourth-order valence-electron chi connectivity index (χ4n) is 3.03. The van der Waals surface area contributed by atoms with E-state index in [-0.39, 0.29) is 29.9 Å². The Hall–Kier alpha value is -2.18. The van der Waals surface area contributed by atoms with Crippen molar-refractivity contribution in [3.05, 3.63) is 25.0 Å². The van der Waals surface area contributed by atoms with Crippen LogP contribution in [0, 0.1) is 0 Å². The van der Waals surface area contributed by atoms with Gasteiger partial charge in [-0.1, -0.05) is 0 Å². The van der Waals surface area contributed by atoms with Crippen LogP contribution >= 0.6 is 24.0 Å². The number of piperazine rings is 1. The molecule has 1 amide bonds. The molecule has 1 fully saturated rings. The van der Waals surface area contributed by atoms with Crippen LogP contribution in [-0.4, -0.2) is 74.0 Å². The summed E-state index contributed by atoms with van der Waals surface area (Å²) in [6.45, 7) is 6.12. The molecule has 0 aliphatic carbocycles. The molecule has 2 aromatic rings. The second-order valence-electron chi connectivity index (χ2n) is 6.48. The molecule has 154 valence electrons. The van der Waals surface area contributed by atoms with Crippen LogP contribution in [0.5, 0.6) is 0 Å². The Morgan fingerprint density at radius 1 is 1.25 bits per heavy atom. The van der Waals surface area contributed by atoms with Gasteiger partial charge in [0.15, 0.2) is 5.96 Å². The van der Waals surface area contributed by atoms with Crippen molar-refractivity contribution in [3.8, 4) is 0 Å². The quantitative estimate of drug-likeness (QED) is 0.260. The third kappa shape index (κ3) is 5.91. The zero-order valence-corrected chi connectivity index (χ0v) is 18.7. The monoisotopic (exact) mass is 501 g/mol. The smallest absolute Gasteiger partial charge is 0.246 e. The Bertz CT molecular complexity index is 759. The van der Waals surface area contributed by atoms with Gasteiger partial charge in [0.1, 0.15) is 19.2 Å². The Balaban J connectivity index is 0.00000280. The van der Waals surface area contributed by atoms with E-state index in [1.54, 1.807) is 28.4 Å². The number of halogens is 1. The number of aromatic nitrogens is 5. The van der Waals surface area contributed by atoms with Crippen molar-refractivity contribution in [1.29, 1.82) is 0 Å². The summed E-state index contributed by atoms with van der Waals surface area (Å²) < 4.78 is 3.67. The largest absolute Gasteiger partial charge is 0.357 e. The number of guanidine groups is 1. The fourth-order valence-corrected chi connectivity index (χ4v) is 3.03. The highest BCUT2D eigenvalue weighted by molar-refractivity contribution is 14.0. The number of aliphatic imine (C=N–C) groups is 1. The van der Waals surface area contributed by atoms with E-state index in [4.69, 9.17) is 4.99 Å².